The van der Waals surface area contributed by atoms with Crippen molar-refractivity contribution in [3.05, 3.63) is 29.7 Å². The molecular weight excluding hydrogens is 254 g/mol. The molecule has 0 aromatic carbocycles. The monoisotopic (exact) mass is 269 g/mol. The fourth-order valence-electron chi connectivity index (χ4n) is 1.31. The maximum absolute atomic E-state index is 4.28. The van der Waals surface area contributed by atoms with Crippen molar-refractivity contribution in [3.63, 3.8) is 0 Å². The molecule has 0 spiro atoms. The van der Waals surface area contributed by atoms with E-state index in [0.29, 0.717) is 0 Å². The molecule has 0 aliphatic rings. The zero-order valence-corrected chi connectivity index (χ0v) is 11.0. The Hall–Kier alpha value is -0.900. The highest BCUT2D eigenvalue weighted by Crippen LogP contribution is 2.27. The first-order valence-corrected chi connectivity index (χ1v) is 5.60. The van der Waals surface area contributed by atoms with Crippen molar-refractivity contribution >= 4 is 21.7 Å². The maximum atomic E-state index is 4.28. The molecule has 1 rings (SSSR count). The van der Waals surface area contributed by atoms with Crippen molar-refractivity contribution in [1.82, 2.24) is 9.97 Å². The van der Waals surface area contributed by atoms with Crippen LogP contribution in [0.4, 0.5) is 5.82 Å². The van der Waals surface area contributed by atoms with Gasteiger partial charge in [-0.2, -0.15) is 0 Å². The molecule has 0 aliphatic carbocycles. The van der Waals surface area contributed by atoms with Gasteiger partial charge in [0.15, 0.2) is 0 Å². The van der Waals surface area contributed by atoms with E-state index < -0.39 is 0 Å². The molecule has 0 fully saturated rings. The highest BCUT2D eigenvalue weighted by Gasteiger charge is 2.23. The van der Waals surface area contributed by atoms with Crippen LogP contribution < -0.4 is 4.90 Å². The number of halogens is 1. The SMILES string of the molecule is C=CCN(c1ncncc1Br)C(C)(C)C. The summed E-state index contributed by atoms with van der Waals surface area (Å²) in [5.41, 5.74) is 0.00502. The summed E-state index contributed by atoms with van der Waals surface area (Å²) in [7, 11) is 0. The Morgan fingerprint density at radius 3 is 2.67 bits per heavy atom. The van der Waals surface area contributed by atoms with Gasteiger partial charge in [0.1, 0.15) is 12.1 Å². The topological polar surface area (TPSA) is 29.0 Å². The van der Waals surface area contributed by atoms with Crippen molar-refractivity contribution in [2.24, 2.45) is 0 Å². The largest absolute Gasteiger partial charge is 0.347 e. The summed E-state index contributed by atoms with van der Waals surface area (Å²) >= 11 is 3.46. The van der Waals surface area contributed by atoms with Crippen LogP contribution in [0, 0.1) is 0 Å². The van der Waals surface area contributed by atoms with Crippen molar-refractivity contribution in [1.29, 1.82) is 0 Å². The molecule has 82 valence electrons. The lowest BCUT2D eigenvalue weighted by Crippen LogP contribution is -2.42. The average molecular weight is 270 g/mol. The molecule has 1 aromatic rings. The van der Waals surface area contributed by atoms with Gasteiger partial charge in [0.25, 0.3) is 0 Å². The Morgan fingerprint density at radius 1 is 1.53 bits per heavy atom. The third-order valence-electron chi connectivity index (χ3n) is 2.03. The minimum absolute atomic E-state index is 0.00502. The fourth-order valence-corrected chi connectivity index (χ4v) is 1.75. The molecule has 1 heterocycles. The molecule has 15 heavy (non-hydrogen) atoms. The highest BCUT2D eigenvalue weighted by atomic mass is 79.9. The van der Waals surface area contributed by atoms with E-state index >= 15 is 0 Å². The first kappa shape index (κ1) is 12.2. The van der Waals surface area contributed by atoms with E-state index in [2.05, 4.69) is 58.1 Å². The third kappa shape index (κ3) is 3.02. The van der Waals surface area contributed by atoms with Crippen LogP contribution in [0.15, 0.2) is 29.7 Å². The molecule has 3 nitrogen and oxygen atoms in total. The smallest absolute Gasteiger partial charge is 0.147 e. The Labute approximate surface area is 99.4 Å². The standard InChI is InChI=1S/C11H16BrN3/c1-5-6-15(11(2,3)4)10-9(12)7-13-8-14-10/h5,7-8H,1,6H2,2-4H3. The Kier molecular flexibility index (Phi) is 3.85. The minimum Gasteiger partial charge on any atom is -0.347 e. The van der Waals surface area contributed by atoms with Gasteiger partial charge in [0, 0.05) is 18.3 Å². The van der Waals surface area contributed by atoms with Gasteiger partial charge in [0.05, 0.1) is 4.47 Å². The minimum atomic E-state index is 0.00502. The average Bonchev–Trinajstić information content (AvgIpc) is 2.14. The molecule has 0 aliphatic heterocycles. The Balaban J connectivity index is 3.10. The third-order valence-corrected chi connectivity index (χ3v) is 2.58. The predicted molar refractivity (Wildman–Crippen MR) is 67.0 cm³/mol. The summed E-state index contributed by atoms with van der Waals surface area (Å²) < 4.78 is 0.904. The van der Waals surface area contributed by atoms with E-state index in [1.165, 1.54) is 0 Å². The summed E-state index contributed by atoms with van der Waals surface area (Å²) in [5.74, 6) is 0.900. The summed E-state index contributed by atoms with van der Waals surface area (Å²) in [5, 5.41) is 0. The lowest BCUT2D eigenvalue weighted by Gasteiger charge is -2.36. The molecule has 0 atom stereocenters. The van der Waals surface area contributed by atoms with Gasteiger partial charge in [-0.05, 0) is 36.7 Å². The number of aromatic nitrogens is 2. The van der Waals surface area contributed by atoms with E-state index in [-0.39, 0.29) is 5.54 Å². The Bertz CT molecular complexity index is 344. The molecule has 1 aromatic heterocycles. The van der Waals surface area contributed by atoms with Crippen LogP contribution in [0.3, 0.4) is 0 Å². The number of anilines is 1. The zero-order chi connectivity index (χ0) is 11.5. The second-order valence-electron chi connectivity index (χ2n) is 4.26. The maximum Gasteiger partial charge on any atom is 0.147 e. The zero-order valence-electron chi connectivity index (χ0n) is 9.37. The molecule has 4 heteroatoms. The summed E-state index contributed by atoms with van der Waals surface area (Å²) in [4.78, 5) is 10.4. The number of hydrogen-bond acceptors (Lipinski definition) is 3. The van der Waals surface area contributed by atoms with Crippen LogP contribution in [-0.2, 0) is 0 Å². The fraction of sp³-hybridized carbons (Fsp3) is 0.455. The van der Waals surface area contributed by atoms with E-state index in [0.717, 1.165) is 16.8 Å². The first-order chi connectivity index (χ1) is 6.96. The van der Waals surface area contributed by atoms with Crippen LogP contribution in [0.2, 0.25) is 0 Å². The summed E-state index contributed by atoms with van der Waals surface area (Å²) in [6, 6.07) is 0. The molecule has 0 N–H and O–H groups in total. The van der Waals surface area contributed by atoms with Gasteiger partial charge in [-0.3, -0.25) is 0 Å². The van der Waals surface area contributed by atoms with Crippen molar-refractivity contribution in [3.8, 4) is 0 Å². The predicted octanol–water partition coefficient (Wildman–Crippen LogP) is 3.03. The molecule has 0 unspecified atom stereocenters. The molecule has 0 saturated heterocycles. The number of hydrogen-bond donors (Lipinski definition) is 0. The van der Waals surface area contributed by atoms with Gasteiger partial charge in [-0.15, -0.1) is 6.58 Å². The second-order valence-corrected chi connectivity index (χ2v) is 5.12. The first-order valence-electron chi connectivity index (χ1n) is 4.81. The summed E-state index contributed by atoms with van der Waals surface area (Å²) in [6.45, 7) is 11.0. The van der Waals surface area contributed by atoms with Gasteiger partial charge >= 0.3 is 0 Å². The highest BCUT2D eigenvalue weighted by molar-refractivity contribution is 9.10. The quantitative estimate of drug-likeness (QED) is 0.790. The van der Waals surface area contributed by atoms with Crippen molar-refractivity contribution < 1.29 is 0 Å². The van der Waals surface area contributed by atoms with Crippen LogP contribution in [0.5, 0.6) is 0 Å². The van der Waals surface area contributed by atoms with Gasteiger partial charge in [0.2, 0.25) is 0 Å². The number of rotatable bonds is 3. The van der Waals surface area contributed by atoms with Crippen LogP contribution >= 0.6 is 15.9 Å². The van der Waals surface area contributed by atoms with Gasteiger partial charge < -0.3 is 4.90 Å². The van der Waals surface area contributed by atoms with E-state index in [4.69, 9.17) is 0 Å². The van der Waals surface area contributed by atoms with E-state index in [1.54, 1.807) is 12.5 Å². The van der Waals surface area contributed by atoms with Crippen LogP contribution in [0.1, 0.15) is 20.8 Å². The van der Waals surface area contributed by atoms with Crippen molar-refractivity contribution in [2.45, 2.75) is 26.3 Å². The molecule has 0 radical (unpaired) electrons. The van der Waals surface area contributed by atoms with Crippen LogP contribution in [0.25, 0.3) is 0 Å². The lowest BCUT2D eigenvalue weighted by molar-refractivity contribution is 0.516. The molecule has 0 bridgehead atoms. The normalized spacial score (nSPS) is 11.2. The van der Waals surface area contributed by atoms with Gasteiger partial charge in [-0.25, -0.2) is 9.97 Å². The second kappa shape index (κ2) is 4.75. The van der Waals surface area contributed by atoms with Crippen molar-refractivity contribution in [2.75, 3.05) is 11.4 Å². The summed E-state index contributed by atoms with van der Waals surface area (Å²) in [6.07, 6.45) is 5.19. The van der Waals surface area contributed by atoms with E-state index in [9.17, 15) is 0 Å². The van der Waals surface area contributed by atoms with Gasteiger partial charge in [-0.1, -0.05) is 6.08 Å². The molecular formula is C11H16BrN3. The van der Waals surface area contributed by atoms with E-state index in [1.807, 2.05) is 6.08 Å². The molecule has 0 saturated carbocycles. The lowest BCUT2D eigenvalue weighted by atomic mass is 10.1. The van der Waals surface area contributed by atoms with Crippen LogP contribution in [-0.4, -0.2) is 22.1 Å². The Morgan fingerprint density at radius 2 is 2.20 bits per heavy atom. The number of nitrogens with zero attached hydrogens (tertiary/aromatic N) is 3. The molecule has 0 amide bonds.